The highest BCUT2D eigenvalue weighted by Gasteiger charge is 2.32. The second-order valence-corrected chi connectivity index (χ2v) is 8.89. The Hall–Kier alpha value is -2.60. The normalized spacial score (nSPS) is 16.8. The Kier molecular flexibility index (Phi) is 6.76. The van der Waals surface area contributed by atoms with E-state index < -0.39 is 0 Å². The average molecular weight is 423 g/mol. The zero-order valence-electron chi connectivity index (χ0n) is 18.8. The molecule has 2 amide bonds. The van der Waals surface area contributed by atoms with Gasteiger partial charge < -0.3 is 14.8 Å². The number of nitrogens with one attached hydrogen (secondary N) is 1. The van der Waals surface area contributed by atoms with Gasteiger partial charge in [0, 0.05) is 19.7 Å². The summed E-state index contributed by atoms with van der Waals surface area (Å²) in [5, 5.41) is 2.98. The van der Waals surface area contributed by atoms with Gasteiger partial charge in [-0.2, -0.15) is 0 Å². The minimum Gasteiger partial charge on any atom is -0.345 e. The largest absolute Gasteiger partial charge is 0.345 e. The number of para-hydroxylation sites is 2. The van der Waals surface area contributed by atoms with Gasteiger partial charge in [0.15, 0.2) is 0 Å². The SMILES string of the molecule is Cc1cn(C)c2c1N(C(=O)CCCCCN1CCCCCC1)c1ccccc1NC2=O. The minimum atomic E-state index is -0.175. The quantitative estimate of drug-likeness (QED) is 0.667. The number of aryl methyl sites for hydroxylation is 2. The third kappa shape index (κ3) is 4.69. The van der Waals surface area contributed by atoms with E-state index >= 15 is 0 Å². The van der Waals surface area contributed by atoms with Crippen molar-refractivity contribution in [2.75, 3.05) is 29.9 Å². The van der Waals surface area contributed by atoms with Crippen LogP contribution in [-0.4, -0.2) is 40.9 Å². The molecule has 1 N–H and O–H groups in total. The van der Waals surface area contributed by atoms with Crippen LogP contribution in [0, 0.1) is 6.92 Å². The Morgan fingerprint density at radius 1 is 1.03 bits per heavy atom. The number of carbonyl (C=O) groups excluding carboxylic acids is 2. The summed E-state index contributed by atoms with van der Waals surface area (Å²) < 4.78 is 1.81. The van der Waals surface area contributed by atoms with Crippen molar-refractivity contribution in [2.45, 2.75) is 58.3 Å². The van der Waals surface area contributed by atoms with Crippen molar-refractivity contribution in [3.05, 3.63) is 41.7 Å². The van der Waals surface area contributed by atoms with E-state index in [1.807, 2.05) is 49.0 Å². The van der Waals surface area contributed by atoms with Crippen LogP contribution >= 0.6 is 0 Å². The van der Waals surface area contributed by atoms with Crippen molar-refractivity contribution in [3.8, 4) is 0 Å². The summed E-state index contributed by atoms with van der Waals surface area (Å²) in [5.41, 5.74) is 3.60. The molecule has 31 heavy (non-hydrogen) atoms. The average Bonchev–Trinajstić information content (AvgIpc) is 2.93. The summed E-state index contributed by atoms with van der Waals surface area (Å²) >= 11 is 0. The predicted molar refractivity (Wildman–Crippen MR) is 125 cm³/mol. The maximum Gasteiger partial charge on any atom is 0.274 e. The van der Waals surface area contributed by atoms with Gasteiger partial charge in [-0.3, -0.25) is 14.5 Å². The summed E-state index contributed by atoms with van der Waals surface area (Å²) in [6.07, 6.45) is 10.8. The number of fused-ring (bicyclic) bond motifs is 2. The molecule has 3 heterocycles. The number of anilines is 3. The van der Waals surface area contributed by atoms with Crippen molar-refractivity contribution in [1.82, 2.24) is 9.47 Å². The number of carbonyl (C=O) groups is 2. The molecule has 4 rings (SSSR count). The summed E-state index contributed by atoms with van der Waals surface area (Å²) in [6, 6.07) is 7.56. The smallest absolute Gasteiger partial charge is 0.274 e. The number of nitrogens with zero attached hydrogens (tertiary/aromatic N) is 3. The van der Waals surface area contributed by atoms with E-state index in [9.17, 15) is 9.59 Å². The van der Waals surface area contributed by atoms with Crippen LogP contribution in [0.3, 0.4) is 0 Å². The first-order chi connectivity index (χ1) is 15.1. The predicted octanol–water partition coefficient (Wildman–Crippen LogP) is 5.00. The lowest BCUT2D eigenvalue weighted by atomic mass is 10.1. The number of amides is 2. The molecule has 0 radical (unpaired) electrons. The van der Waals surface area contributed by atoms with Crippen LogP contribution in [0.4, 0.5) is 17.1 Å². The van der Waals surface area contributed by atoms with Gasteiger partial charge in [-0.05, 0) is 69.9 Å². The third-order valence-electron chi connectivity index (χ3n) is 6.48. The molecule has 0 unspecified atom stereocenters. The van der Waals surface area contributed by atoms with E-state index in [1.54, 1.807) is 4.90 Å². The van der Waals surface area contributed by atoms with Crippen LogP contribution < -0.4 is 10.2 Å². The first-order valence-electron chi connectivity index (χ1n) is 11.7. The highest BCUT2D eigenvalue weighted by molar-refractivity contribution is 6.17. The second-order valence-electron chi connectivity index (χ2n) is 8.89. The van der Waals surface area contributed by atoms with Crippen LogP contribution in [0.25, 0.3) is 0 Å². The summed E-state index contributed by atoms with van der Waals surface area (Å²) in [4.78, 5) is 30.6. The van der Waals surface area contributed by atoms with Crippen LogP contribution in [-0.2, 0) is 11.8 Å². The topological polar surface area (TPSA) is 57.6 Å². The number of hydrogen-bond acceptors (Lipinski definition) is 3. The molecule has 6 heteroatoms. The van der Waals surface area contributed by atoms with Gasteiger partial charge in [0.05, 0.1) is 17.1 Å². The fraction of sp³-hybridized carbons (Fsp3) is 0.520. The Morgan fingerprint density at radius 2 is 1.77 bits per heavy atom. The molecule has 0 spiro atoms. The van der Waals surface area contributed by atoms with Crippen LogP contribution in [0.15, 0.2) is 30.5 Å². The van der Waals surface area contributed by atoms with Gasteiger partial charge in [-0.15, -0.1) is 0 Å². The van der Waals surface area contributed by atoms with Crippen LogP contribution in [0.1, 0.15) is 67.4 Å². The first-order valence-corrected chi connectivity index (χ1v) is 11.7. The van der Waals surface area contributed by atoms with Crippen molar-refractivity contribution in [3.63, 3.8) is 0 Å². The molecule has 0 aliphatic carbocycles. The molecule has 1 aromatic heterocycles. The monoisotopic (exact) mass is 422 g/mol. The molecule has 6 nitrogen and oxygen atoms in total. The van der Waals surface area contributed by atoms with E-state index in [0.717, 1.165) is 37.1 Å². The number of unbranched alkanes of at least 4 members (excludes halogenated alkanes) is 2. The number of likely N-dealkylation sites (tertiary alicyclic amines) is 1. The maximum absolute atomic E-state index is 13.4. The molecule has 2 aromatic rings. The summed E-state index contributed by atoms with van der Waals surface area (Å²) in [6.45, 7) is 5.55. The van der Waals surface area contributed by atoms with Crippen LogP contribution in [0.5, 0.6) is 0 Å². The van der Waals surface area contributed by atoms with E-state index in [0.29, 0.717) is 23.5 Å². The Balaban J connectivity index is 1.45. The molecule has 1 aromatic carbocycles. The summed E-state index contributed by atoms with van der Waals surface area (Å²) in [7, 11) is 1.85. The zero-order valence-corrected chi connectivity index (χ0v) is 18.8. The van der Waals surface area contributed by atoms with Gasteiger partial charge in [0.25, 0.3) is 5.91 Å². The molecule has 0 bridgehead atoms. The maximum atomic E-state index is 13.4. The number of hydrogen-bond donors (Lipinski definition) is 1. The molecular formula is C25H34N4O2. The summed E-state index contributed by atoms with van der Waals surface area (Å²) in [5.74, 6) is -0.125. The van der Waals surface area contributed by atoms with Crippen molar-refractivity contribution < 1.29 is 9.59 Å². The first kappa shape index (κ1) is 21.6. The molecule has 2 aliphatic heterocycles. The lowest BCUT2D eigenvalue weighted by Gasteiger charge is -2.24. The molecule has 0 atom stereocenters. The van der Waals surface area contributed by atoms with Crippen molar-refractivity contribution in [1.29, 1.82) is 0 Å². The second kappa shape index (κ2) is 9.69. The highest BCUT2D eigenvalue weighted by atomic mass is 16.2. The number of aromatic nitrogens is 1. The lowest BCUT2D eigenvalue weighted by molar-refractivity contribution is -0.118. The third-order valence-corrected chi connectivity index (χ3v) is 6.48. The molecule has 2 aliphatic rings. The number of benzene rings is 1. The van der Waals surface area contributed by atoms with Crippen LogP contribution in [0.2, 0.25) is 0 Å². The van der Waals surface area contributed by atoms with Gasteiger partial charge >= 0.3 is 0 Å². The van der Waals surface area contributed by atoms with Gasteiger partial charge in [-0.1, -0.05) is 31.4 Å². The molecule has 166 valence electrons. The van der Waals surface area contributed by atoms with E-state index in [4.69, 9.17) is 0 Å². The van der Waals surface area contributed by atoms with E-state index in [2.05, 4.69) is 10.2 Å². The minimum absolute atomic E-state index is 0.0503. The fourth-order valence-electron chi connectivity index (χ4n) is 4.92. The zero-order chi connectivity index (χ0) is 21.8. The molecule has 0 saturated carbocycles. The lowest BCUT2D eigenvalue weighted by Crippen LogP contribution is -2.27. The molecule has 1 fully saturated rings. The Morgan fingerprint density at radius 3 is 2.55 bits per heavy atom. The molecule has 1 saturated heterocycles. The Labute approximate surface area is 185 Å². The van der Waals surface area contributed by atoms with Gasteiger partial charge in [-0.25, -0.2) is 0 Å². The van der Waals surface area contributed by atoms with E-state index in [-0.39, 0.29) is 11.8 Å². The van der Waals surface area contributed by atoms with Gasteiger partial charge in [0.2, 0.25) is 5.91 Å². The van der Waals surface area contributed by atoms with Crippen molar-refractivity contribution in [2.24, 2.45) is 7.05 Å². The highest BCUT2D eigenvalue weighted by Crippen LogP contribution is 2.40. The van der Waals surface area contributed by atoms with Gasteiger partial charge in [0.1, 0.15) is 5.69 Å². The van der Waals surface area contributed by atoms with Crippen molar-refractivity contribution >= 4 is 28.9 Å². The number of rotatable bonds is 6. The fourth-order valence-corrected chi connectivity index (χ4v) is 4.92. The molecular weight excluding hydrogens is 388 g/mol. The standard InChI is InChI=1S/C25H34N4O2/c1-19-18-27(2)24-23(19)29(21-13-8-7-12-20(21)26-25(24)31)22(30)14-6-5-11-17-28-15-9-3-4-10-16-28/h7-8,12-13,18H,3-6,9-11,14-17H2,1-2H3,(H,26,31). The Bertz CT molecular complexity index is 941. The van der Waals surface area contributed by atoms with E-state index in [1.165, 1.54) is 38.8 Å².